The summed E-state index contributed by atoms with van der Waals surface area (Å²) >= 11 is 0. The lowest BCUT2D eigenvalue weighted by molar-refractivity contribution is -0.140. The van der Waals surface area contributed by atoms with Gasteiger partial charge in [-0.2, -0.15) is 10.1 Å². The third kappa shape index (κ3) is 5.21. The summed E-state index contributed by atoms with van der Waals surface area (Å²) < 4.78 is 33.0. The van der Waals surface area contributed by atoms with Crippen molar-refractivity contribution in [2.45, 2.75) is 57.4 Å². The summed E-state index contributed by atoms with van der Waals surface area (Å²) in [5.41, 5.74) is 1.48. The molecule has 0 aromatic carbocycles. The monoisotopic (exact) mass is 379 g/mol. The molecule has 7 nitrogen and oxygen atoms in total. The molecule has 1 fully saturated rings. The molecule has 27 heavy (non-hydrogen) atoms. The highest BCUT2D eigenvalue weighted by molar-refractivity contribution is 5.69. The summed E-state index contributed by atoms with van der Waals surface area (Å²) in [4.78, 5) is 20.4. The first-order valence-corrected chi connectivity index (χ1v) is 8.96. The number of esters is 1. The third-order valence-electron chi connectivity index (χ3n) is 4.58. The number of halogens is 2. The molecule has 1 aliphatic carbocycles. The van der Waals surface area contributed by atoms with E-state index >= 15 is 0 Å². The van der Waals surface area contributed by atoms with E-state index in [1.54, 1.807) is 16.9 Å². The van der Waals surface area contributed by atoms with Crippen molar-refractivity contribution in [1.29, 1.82) is 0 Å². The van der Waals surface area contributed by atoms with Crippen LogP contribution in [0.3, 0.4) is 0 Å². The predicted octanol–water partition coefficient (Wildman–Crippen LogP) is 3.07. The molecule has 0 unspecified atom stereocenters. The first-order valence-electron chi connectivity index (χ1n) is 8.96. The maximum Gasteiger partial charge on any atom is 0.305 e. The van der Waals surface area contributed by atoms with E-state index in [1.807, 2.05) is 13.0 Å². The number of aromatic nitrogens is 4. The second kappa shape index (κ2) is 7.98. The molecule has 9 heteroatoms. The quantitative estimate of drug-likeness (QED) is 0.777. The van der Waals surface area contributed by atoms with Gasteiger partial charge in [-0.3, -0.25) is 4.79 Å². The SMILES string of the molecule is COC(=O)CCc1cc(NC2CCC(F)(F)CC2)nc(-n2ccc(C)n2)n1. The zero-order valence-corrected chi connectivity index (χ0v) is 15.4. The van der Waals surface area contributed by atoms with E-state index in [0.717, 1.165) is 5.69 Å². The number of hydrogen-bond acceptors (Lipinski definition) is 6. The van der Waals surface area contributed by atoms with E-state index in [2.05, 4.69) is 25.1 Å². The van der Waals surface area contributed by atoms with Crippen molar-refractivity contribution in [1.82, 2.24) is 19.7 Å². The van der Waals surface area contributed by atoms with E-state index < -0.39 is 5.92 Å². The zero-order valence-electron chi connectivity index (χ0n) is 15.4. The Kier molecular flexibility index (Phi) is 5.67. The van der Waals surface area contributed by atoms with Crippen molar-refractivity contribution in [2.24, 2.45) is 0 Å². The minimum absolute atomic E-state index is 0.0693. The van der Waals surface area contributed by atoms with Gasteiger partial charge in [0.25, 0.3) is 5.95 Å². The van der Waals surface area contributed by atoms with Crippen LogP contribution in [0.5, 0.6) is 0 Å². The Labute approximate surface area is 156 Å². The number of rotatable bonds is 6. The Hall–Kier alpha value is -2.58. The maximum atomic E-state index is 13.4. The molecule has 0 amide bonds. The fourth-order valence-corrected chi connectivity index (χ4v) is 3.04. The van der Waals surface area contributed by atoms with Gasteiger partial charge in [-0.25, -0.2) is 18.4 Å². The van der Waals surface area contributed by atoms with E-state index in [-0.39, 0.29) is 31.3 Å². The van der Waals surface area contributed by atoms with E-state index in [4.69, 9.17) is 0 Å². The lowest BCUT2D eigenvalue weighted by Gasteiger charge is -2.29. The van der Waals surface area contributed by atoms with Gasteiger partial charge in [0.1, 0.15) is 5.82 Å². The highest BCUT2D eigenvalue weighted by atomic mass is 19.3. The van der Waals surface area contributed by atoms with Gasteiger partial charge in [-0.05, 0) is 25.8 Å². The van der Waals surface area contributed by atoms with Crippen LogP contribution in [-0.2, 0) is 16.0 Å². The second-order valence-electron chi connectivity index (χ2n) is 6.80. The number of methoxy groups -OCH3 is 1. The Morgan fingerprint density at radius 1 is 1.37 bits per heavy atom. The fourth-order valence-electron chi connectivity index (χ4n) is 3.04. The summed E-state index contributed by atoms with van der Waals surface area (Å²) in [6.07, 6.45) is 2.83. The van der Waals surface area contributed by atoms with Gasteiger partial charge in [-0.1, -0.05) is 0 Å². The summed E-state index contributed by atoms with van der Waals surface area (Å²) in [5, 5.41) is 7.55. The van der Waals surface area contributed by atoms with Crippen LogP contribution < -0.4 is 5.32 Å². The molecule has 0 aliphatic heterocycles. The van der Waals surface area contributed by atoms with E-state index in [1.165, 1.54) is 7.11 Å². The van der Waals surface area contributed by atoms with Gasteiger partial charge in [0.05, 0.1) is 19.2 Å². The van der Waals surface area contributed by atoms with Crippen LogP contribution in [0.15, 0.2) is 18.3 Å². The van der Waals surface area contributed by atoms with Crippen LogP contribution in [0.25, 0.3) is 5.95 Å². The standard InChI is InChI=1S/C18H23F2N5O2/c1-12-7-10-25(24-12)17-22-14(3-4-16(26)27-2)11-15(23-17)21-13-5-8-18(19,20)9-6-13/h7,10-11,13H,3-6,8-9H2,1-2H3,(H,21,22,23). The molecule has 0 radical (unpaired) electrons. The summed E-state index contributed by atoms with van der Waals surface area (Å²) in [7, 11) is 1.34. The predicted molar refractivity (Wildman–Crippen MR) is 95.1 cm³/mol. The topological polar surface area (TPSA) is 81.9 Å². The van der Waals surface area contributed by atoms with E-state index in [0.29, 0.717) is 36.7 Å². The van der Waals surface area contributed by atoms with Gasteiger partial charge in [-0.15, -0.1) is 0 Å². The number of aryl methyl sites for hydroxylation is 2. The van der Waals surface area contributed by atoms with Crippen LogP contribution in [-0.4, -0.2) is 44.8 Å². The van der Waals surface area contributed by atoms with E-state index in [9.17, 15) is 13.6 Å². The molecule has 2 heterocycles. The number of ether oxygens (including phenoxy) is 1. The molecular weight excluding hydrogens is 356 g/mol. The van der Waals surface area contributed by atoms with Crippen molar-refractivity contribution in [3.05, 3.63) is 29.7 Å². The van der Waals surface area contributed by atoms with Crippen molar-refractivity contribution < 1.29 is 18.3 Å². The molecular formula is C18H23F2N5O2. The van der Waals surface area contributed by atoms with Gasteiger partial charge < -0.3 is 10.1 Å². The Balaban J connectivity index is 1.80. The fraction of sp³-hybridized carbons (Fsp3) is 0.556. The van der Waals surface area contributed by atoms with Crippen molar-refractivity contribution in [3.8, 4) is 5.95 Å². The van der Waals surface area contributed by atoms with Crippen LogP contribution in [0.4, 0.5) is 14.6 Å². The molecule has 1 N–H and O–H groups in total. The number of nitrogens with zero attached hydrogens (tertiary/aromatic N) is 4. The van der Waals surface area contributed by atoms with Crippen LogP contribution in [0, 0.1) is 6.92 Å². The number of hydrogen-bond donors (Lipinski definition) is 1. The molecule has 146 valence electrons. The number of nitrogens with one attached hydrogen (secondary N) is 1. The summed E-state index contributed by atoms with van der Waals surface area (Å²) in [6, 6.07) is 3.51. The molecule has 1 aliphatic rings. The third-order valence-corrected chi connectivity index (χ3v) is 4.58. The van der Waals surface area contributed by atoms with Gasteiger partial charge in [0, 0.05) is 43.3 Å². The maximum absolute atomic E-state index is 13.4. The Bertz CT molecular complexity index is 799. The van der Waals surface area contributed by atoms with Crippen LogP contribution >= 0.6 is 0 Å². The number of carbonyl (C=O) groups excluding carboxylic acids is 1. The number of anilines is 1. The zero-order chi connectivity index (χ0) is 19.4. The first-order chi connectivity index (χ1) is 12.8. The highest BCUT2D eigenvalue weighted by Crippen LogP contribution is 2.34. The molecule has 1 saturated carbocycles. The Morgan fingerprint density at radius 3 is 2.74 bits per heavy atom. The van der Waals surface area contributed by atoms with Crippen molar-refractivity contribution in [3.63, 3.8) is 0 Å². The normalized spacial score (nSPS) is 16.9. The average Bonchev–Trinajstić information content (AvgIpc) is 3.08. The average molecular weight is 379 g/mol. The molecule has 0 atom stereocenters. The summed E-state index contributed by atoms with van der Waals surface area (Å²) in [6.45, 7) is 1.86. The smallest absolute Gasteiger partial charge is 0.305 e. The number of alkyl halides is 2. The Morgan fingerprint density at radius 2 is 2.11 bits per heavy atom. The molecule has 0 saturated heterocycles. The minimum atomic E-state index is -2.58. The molecule has 2 aromatic rings. The molecule has 2 aromatic heterocycles. The minimum Gasteiger partial charge on any atom is -0.469 e. The second-order valence-corrected chi connectivity index (χ2v) is 6.80. The van der Waals surface area contributed by atoms with Crippen LogP contribution in [0.1, 0.15) is 43.5 Å². The molecule has 0 spiro atoms. The van der Waals surface area contributed by atoms with Crippen molar-refractivity contribution in [2.75, 3.05) is 12.4 Å². The first kappa shape index (κ1) is 19.2. The van der Waals surface area contributed by atoms with Gasteiger partial charge >= 0.3 is 5.97 Å². The van der Waals surface area contributed by atoms with Crippen molar-refractivity contribution >= 4 is 11.8 Å². The lowest BCUT2D eigenvalue weighted by Crippen LogP contribution is -2.32. The van der Waals surface area contributed by atoms with Gasteiger partial charge in [0.15, 0.2) is 0 Å². The summed E-state index contributed by atoms with van der Waals surface area (Å²) in [5.74, 6) is -1.99. The molecule has 3 rings (SSSR count). The largest absolute Gasteiger partial charge is 0.469 e. The van der Waals surface area contributed by atoms with Crippen LogP contribution in [0.2, 0.25) is 0 Å². The molecule has 0 bridgehead atoms. The van der Waals surface area contributed by atoms with Gasteiger partial charge in [0.2, 0.25) is 5.92 Å². The highest BCUT2D eigenvalue weighted by Gasteiger charge is 2.35. The number of carbonyl (C=O) groups is 1. The lowest BCUT2D eigenvalue weighted by atomic mass is 9.92.